The molecule has 1 N–H and O–H groups in total. The van der Waals surface area contributed by atoms with Gasteiger partial charge in [-0.2, -0.15) is 23.7 Å². The van der Waals surface area contributed by atoms with Crippen LogP contribution in [0.5, 0.6) is 5.75 Å². The van der Waals surface area contributed by atoms with Gasteiger partial charge in [0.25, 0.3) is 0 Å². The summed E-state index contributed by atoms with van der Waals surface area (Å²) in [5.74, 6) is 0.132. The van der Waals surface area contributed by atoms with Gasteiger partial charge in [-0.1, -0.05) is 15.9 Å². The molecule has 0 spiro atoms. The first-order chi connectivity index (χ1) is 14.3. The van der Waals surface area contributed by atoms with Crippen molar-refractivity contribution < 1.29 is 17.9 Å². The second-order valence-corrected chi connectivity index (χ2v) is 6.76. The fourth-order valence-electron chi connectivity index (χ4n) is 2.30. The number of anilines is 2. The molecule has 0 aromatic heterocycles. The van der Waals surface area contributed by atoms with E-state index in [2.05, 4.69) is 21.2 Å². The average molecular weight is 474 g/mol. The largest absolute Gasteiger partial charge is 0.497 e. The van der Waals surface area contributed by atoms with E-state index in [1.165, 1.54) is 31.4 Å². The Morgan fingerprint density at radius 1 is 0.867 bits per heavy atom. The summed E-state index contributed by atoms with van der Waals surface area (Å²) in [5.41, 5.74) is 0.702. The van der Waals surface area contributed by atoms with Gasteiger partial charge in [0.15, 0.2) is 0 Å². The fraction of sp³-hybridized carbons (Fsp3) is 0.0909. The number of methoxy groups -OCH3 is 1. The maximum Gasteiger partial charge on any atom is 0.418 e. The summed E-state index contributed by atoms with van der Waals surface area (Å²) in [7, 11) is 1.31. The summed E-state index contributed by atoms with van der Waals surface area (Å²) in [5, 5.41) is 19.8. The number of hydrogen-bond acceptors (Lipinski definition) is 4. The Kier molecular flexibility index (Phi) is 7.85. The summed E-state index contributed by atoms with van der Waals surface area (Å²) in [6, 6.07) is 21.0. The number of nitrogens with zero attached hydrogens (tertiary/aromatic N) is 2. The van der Waals surface area contributed by atoms with Crippen LogP contribution in [0.1, 0.15) is 16.7 Å². The van der Waals surface area contributed by atoms with Gasteiger partial charge in [0, 0.05) is 10.2 Å². The Balaban J connectivity index is 0.000000297. The van der Waals surface area contributed by atoms with Gasteiger partial charge >= 0.3 is 6.18 Å². The highest BCUT2D eigenvalue weighted by molar-refractivity contribution is 9.10. The molecule has 30 heavy (non-hydrogen) atoms. The van der Waals surface area contributed by atoms with Crippen LogP contribution in [0.2, 0.25) is 0 Å². The van der Waals surface area contributed by atoms with E-state index in [9.17, 15) is 13.2 Å². The molecule has 3 aromatic carbocycles. The van der Waals surface area contributed by atoms with Crippen LogP contribution in [-0.4, -0.2) is 7.11 Å². The van der Waals surface area contributed by atoms with Crippen molar-refractivity contribution in [2.75, 3.05) is 12.4 Å². The lowest BCUT2D eigenvalue weighted by molar-refractivity contribution is -0.137. The van der Waals surface area contributed by atoms with Gasteiger partial charge in [-0.25, -0.2) is 0 Å². The molecule has 3 rings (SSSR count). The van der Waals surface area contributed by atoms with Gasteiger partial charge in [0.2, 0.25) is 0 Å². The minimum absolute atomic E-state index is 0.0759. The lowest BCUT2D eigenvalue weighted by Crippen LogP contribution is -2.09. The quantitative estimate of drug-likeness (QED) is 0.462. The molecule has 0 aliphatic carbocycles. The number of rotatable bonds is 3. The van der Waals surface area contributed by atoms with Crippen molar-refractivity contribution in [3.63, 3.8) is 0 Å². The molecule has 152 valence electrons. The molecular weight excluding hydrogens is 459 g/mol. The van der Waals surface area contributed by atoms with E-state index in [0.29, 0.717) is 16.8 Å². The fourth-order valence-corrected chi connectivity index (χ4v) is 2.57. The summed E-state index contributed by atoms with van der Waals surface area (Å²) >= 11 is 3.27. The van der Waals surface area contributed by atoms with Crippen molar-refractivity contribution in [2.45, 2.75) is 6.18 Å². The predicted octanol–water partition coefficient (Wildman–Crippen LogP) is 6.65. The first-order valence-corrected chi connectivity index (χ1v) is 9.24. The van der Waals surface area contributed by atoms with Crippen LogP contribution in [0.4, 0.5) is 24.5 Å². The normalized spacial score (nSPS) is 10.1. The Morgan fingerprint density at radius 2 is 1.40 bits per heavy atom. The molecule has 0 bridgehead atoms. The highest BCUT2D eigenvalue weighted by Gasteiger charge is 2.34. The monoisotopic (exact) mass is 473 g/mol. The van der Waals surface area contributed by atoms with Gasteiger partial charge in [-0.15, -0.1) is 0 Å². The van der Waals surface area contributed by atoms with E-state index < -0.39 is 11.7 Å². The maximum absolute atomic E-state index is 13.0. The maximum atomic E-state index is 13.0. The third kappa shape index (κ3) is 6.54. The highest BCUT2D eigenvalue weighted by Crippen LogP contribution is 2.38. The molecule has 3 aromatic rings. The number of benzene rings is 3. The summed E-state index contributed by atoms with van der Waals surface area (Å²) in [4.78, 5) is 0. The van der Waals surface area contributed by atoms with E-state index in [4.69, 9.17) is 15.3 Å². The predicted molar refractivity (Wildman–Crippen MR) is 111 cm³/mol. The standard InChI is InChI=1S/C15H11F3N2O.C7H4BrN/c1-21-12-6-7-14(13(8-12)15(16,17)18)20-11-4-2-10(9-19)3-5-11;8-7-3-1-6(5-9)2-4-7/h2-8,20H,1H3;1-4H. The molecule has 0 unspecified atom stereocenters. The molecule has 4 nitrogen and oxygen atoms in total. The number of hydrogen-bond donors (Lipinski definition) is 1. The molecule has 0 atom stereocenters. The van der Waals surface area contributed by atoms with Gasteiger partial charge in [0.1, 0.15) is 5.75 Å². The highest BCUT2D eigenvalue weighted by atomic mass is 79.9. The van der Waals surface area contributed by atoms with Gasteiger partial charge in [-0.05, 0) is 66.7 Å². The molecule has 0 aliphatic rings. The smallest absolute Gasteiger partial charge is 0.418 e. The van der Waals surface area contributed by atoms with E-state index in [1.807, 2.05) is 24.3 Å². The molecule has 0 heterocycles. The van der Waals surface area contributed by atoms with E-state index in [1.54, 1.807) is 24.3 Å². The number of halogens is 4. The van der Waals surface area contributed by atoms with Crippen LogP contribution in [0, 0.1) is 22.7 Å². The van der Waals surface area contributed by atoms with Gasteiger partial charge in [0.05, 0.1) is 41.6 Å². The van der Waals surface area contributed by atoms with E-state index >= 15 is 0 Å². The summed E-state index contributed by atoms with van der Waals surface area (Å²) in [6.07, 6.45) is -4.50. The van der Waals surface area contributed by atoms with E-state index in [0.717, 1.165) is 10.5 Å². The van der Waals surface area contributed by atoms with Crippen molar-refractivity contribution in [1.82, 2.24) is 0 Å². The van der Waals surface area contributed by atoms with Crippen LogP contribution in [0.15, 0.2) is 71.2 Å². The SMILES string of the molecule is COc1ccc(Nc2ccc(C#N)cc2)c(C(F)(F)F)c1.N#Cc1ccc(Br)cc1. The van der Waals surface area contributed by atoms with Crippen LogP contribution in [0.25, 0.3) is 0 Å². The number of alkyl halides is 3. The van der Waals surface area contributed by atoms with Crippen molar-refractivity contribution in [3.05, 3.63) is 87.9 Å². The lowest BCUT2D eigenvalue weighted by atomic mass is 10.1. The second-order valence-electron chi connectivity index (χ2n) is 5.84. The van der Waals surface area contributed by atoms with E-state index in [-0.39, 0.29) is 11.4 Å². The van der Waals surface area contributed by atoms with Crippen LogP contribution < -0.4 is 10.1 Å². The Hall–Kier alpha value is -3.49. The molecular formula is C22H15BrF3N3O. The topological polar surface area (TPSA) is 68.8 Å². The Morgan fingerprint density at radius 3 is 1.87 bits per heavy atom. The van der Waals surface area contributed by atoms with Crippen molar-refractivity contribution in [3.8, 4) is 17.9 Å². The lowest BCUT2D eigenvalue weighted by Gasteiger charge is -2.15. The Bertz CT molecular complexity index is 1070. The molecule has 0 amide bonds. The third-order valence-corrected chi connectivity index (χ3v) is 4.33. The van der Waals surface area contributed by atoms with Crippen molar-refractivity contribution >= 4 is 27.3 Å². The van der Waals surface area contributed by atoms with Crippen LogP contribution >= 0.6 is 15.9 Å². The zero-order chi connectivity index (χ0) is 22.1. The van der Waals surface area contributed by atoms with Crippen LogP contribution in [-0.2, 0) is 6.18 Å². The molecule has 0 saturated heterocycles. The molecule has 0 fully saturated rings. The van der Waals surface area contributed by atoms with Crippen LogP contribution in [0.3, 0.4) is 0 Å². The number of ether oxygens (including phenoxy) is 1. The van der Waals surface area contributed by atoms with Crippen molar-refractivity contribution in [1.29, 1.82) is 10.5 Å². The summed E-state index contributed by atoms with van der Waals surface area (Å²) in [6.45, 7) is 0. The minimum atomic E-state index is -4.50. The number of nitrogens with one attached hydrogen (secondary N) is 1. The molecule has 0 aliphatic heterocycles. The first kappa shape index (κ1) is 22.8. The number of nitriles is 2. The Labute approximate surface area is 180 Å². The summed E-state index contributed by atoms with van der Waals surface area (Å²) < 4.78 is 45.0. The minimum Gasteiger partial charge on any atom is -0.497 e. The third-order valence-electron chi connectivity index (χ3n) is 3.80. The van der Waals surface area contributed by atoms with Gasteiger partial charge < -0.3 is 10.1 Å². The molecule has 8 heteroatoms. The molecule has 0 saturated carbocycles. The average Bonchev–Trinajstić information content (AvgIpc) is 2.75. The van der Waals surface area contributed by atoms with Crippen molar-refractivity contribution in [2.24, 2.45) is 0 Å². The second kappa shape index (κ2) is 10.3. The first-order valence-electron chi connectivity index (χ1n) is 8.45. The van der Waals surface area contributed by atoms with Gasteiger partial charge in [-0.3, -0.25) is 0 Å². The molecule has 0 radical (unpaired) electrons. The zero-order valence-electron chi connectivity index (χ0n) is 15.7. The zero-order valence-corrected chi connectivity index (χ0v) is 17.3.